The summed E-state index contributed by atoms with van der Waals surface area (Å²) in [6.07, 6.45) is 0. The Hall–Kier alpha value is -4.20. The van der Waals surface area contributed by atoms with Gasteiger partial charge in [-0.05, 0) is 53.6 Å². The molecule has 1 aliphatic heterocycles. The normalized spacial score (nSPS) is 17.9. The monoisotopic (exact) mass is 430 g/mol. The van der Waals surface area contributed by atoms with E-state index in [1.165, 1.54) is 7.05 Å². The van der Waals surface area contributed by atoms with Crippen LogP contribution in [0.4, 0.5) is 10.5 Å². The standard InChI is InChI=1S/C24H22N4O4/c1-24(18-10-7-15-5-3-4-6-17(15)13-18)22(31)28(23(32)27-24)14-20(29)26-19-11-8-16(9-12-19)21(30)25-2/h3-13H,14H2,1-2H3,(H,25,30)(H,26,29)(H,27,32)/t24-/m1/s1. The van der Waals surface area contributed by atoms with Crippen LogP contribution in [0.5, 0.6) is 0 Å². The van der Waals surface area contributed by atoms with Gasteiger partial charge in [0.1, 0.15) is 12.1 Å². The Morgan fingerprint density at radius 2 is 1.66 bits per heavy atom. The van der Waals surface area contributed by atoms with Gasteiger partial charge in [-0.3, -0.25) is 19.3 Å². The Labute approximate surface area is 184 Å². The lowest BCUT2D eigenvalue weighted by atomic mass is 9.90. The molecule has 0 spiro atoms. The van der Waals surface area contributed by atoms with Gasteiger partial charge in [0.05, 0.1) is 0 Å². The van der Waals surface area contributed by atoms with E-state index < -0.39 is 29.9 Å². The fourth-order valence-electron chi connectivity index (χ4n) is 3.73. The topological polar surface area (TPSA) is 108 Å². The van der Waals surface area contributed by atoms with E-state index in [4.69, 9.17) is 0 Å². The number of carbonyl (C=O) groups excluding carboxylic acids is 4. The van der Waals surface area contributed by atoms with Crippen LogP contribution < -0.4 is 16.0 Å². The fraction of sp³-hybridized carbons (Fsp3) is 0.167. The first-order valence-electron chi connectivity index (χ1n) is 10.1. The maximum absolute atomic E-state index is 13.1. The van der Waals surface area contributed by atoms with Crippen LogP contribution in [0.1, 0.15) is 22.8 Å². The van der Waals surface area contributed by atoms with Crippen LogP contribution in [0, 0.1) is 0 Å². The van der Waals surface area contributed by atoms with Crippen molar-refractivity contribution in [1.82, 2.24) is 15.5 Å². The molecule has 32 heavy (non-hydrogen) atoms. The molecule has 8 nitrogen and oxygen atoms in total. The summed E-state index contributed by atoms with van der Waals surface area (Å²) >= 11 is 0. The second kappa shape index (κ2) is 8.14. The van der Waals surface area contributed by atoms with E-state index in [-0.39, 0.29) is 5.91 Å². The minimum Gasteiger partial charge on any atom is -0.355 e. The molecule has 5 amide bonds. The van der Waals surface area contributed by atoms with Crippen molar-refractivity contribution >= 4 is 40.2 Å². The number of fused-ring (bicyclic) bond motifs is 1. The molecular weight excluding hydrogens is 408 g/mol. The number of urea groups is 1. The number of rotatable bonds is 5. The Balaban J connectivity index is 1.48. The first-order chi connectivity index (χ1) is 15.3. The Morgan fingerprint density at radius 3 is 2.34 bits per heavy atom. The lowest BCUT2D eigenvalue weighted by Crippen LogP contribution is -2.42. The summed E-state index contributed by atoms with van der Waals surface area (Å²) in [5.74, 6) is -1.26. The van der Waals surface area contributed by atoms with Crippen LogP contribution in [-0.2, 0) is 15.1 Å². The molecule has 8 heteroatoms. The summed E-state index contributed by atoms with van der Waals surface area (Å²) in [6, 6.07) is 19.0. The number of amides is 5. The Bertz CT molecular complexity index is 1240. The summed E-state index contributed by atoms with van der Waals surface area (Å²) in [6.45, 7) is 1.21. The van der Waals surface area contributed by atoms with Crippen LogP contribution in [0.2, 0.25) is 0 Å². The number of imide groups is 1. The van der Waals surface area contributed by atoms with Gasteiger partial charge in [0.15, 0.2) is 0 Å². The van der Waals surface area contributed by atoms with E-state index in [0.29, 0.717) is 16.8 Å². The van der Waals surface area contributed by atoms with E-state index in [9.17, 15) is 19.2 Å². The highest BCUT2D eigenvalue weighted by atomic mass is 16.2. The molecule has 0 saturated carbocycles. The van der Waals surface area contributed by atoms with Gasteiger partial charge in [-0.25, -0.2) is 4.79 Å². The zero-order chi connectivity index (χ0) is 22.9. The number of anilines is 1. The van der Waals surface area contributed by atoms with Crippen molar-refractivity contribution in [3.8, 4) is 0 Å². The second-order valence-electron chi connectivity index (χ2n) is 7.71. The highest BCUT2D eigenvalue weighted by molar-refractivity contribution is 6.10. The smallest absolute Gasteiger partial charge is 0.325 e. The van der Waals surface area contributed by atoms with E-state index in [1.807, 2.05) is 36.4 Å². The SMILES string of the molecule is CNC(=O)c1ccc(NC(=O)CN2C(=O)N[C@](C)(c3ccc4ccccc4c3)C2=O)cc1. The molecule has 3 aromatic rings. The maximum Gasteiger partial charge on any atom is 0.325 e. The molecule has 1 saturated heterocycles. The predicted molar refractivity (Wildman–Crippen MR) is 120 cm³/mol. The van der Waals surface area contributed by atoms with Crippen LogP contribution in [-0.4, -0.2) is 42.2 Å². The summed E-state index contributed by atoms with van der Waals surface area (Å²) < 4.78 is 0. The number of hydrogen-bond acceptors (Lipinski definition) is 4. The van der Waals surface area contributed by atoms with E-state index in [1.54, 1.807) is 37.3 Å². The van der Waals surface area contributed by atoms with Crippen molar-refractivity contribution < 1.29 is 19.2 Å². The summed E-state index contributed by atoms with van der Waals surface area (Å²) in [5.41, 5.74) is 0.274. The van der Waals surface area contributed by atoms with Gasteiger partial charge < -0.3 is 16.0 Å². The van der Waals surface area contributed by atoms with E-state index in [0.717, 1.165) is 15.7 Å². The quantitative estimate of drug-likeness (QED) is 0.541. The molecule has 0 unspecified atom stereocenters. The highest BCUT2D eigenvalue weighted by Gasteiger charge is 2.49. The number of nitrogens with zero attached hydrogens (tertiary/aromatic N) is 1. The molecule has 1 aliphatic rings. The zero-order valence-electron chi connectivity index (χ0n) is 17.6. The van der Waals surface area contributed by atoms with Gasteiger partial charge >= 0.3 is 6.03 Å². The lowest BCUT2D eigenvalue weighted by Gasteiger charge is -2.22. The van der Waals surface area contributed by atoms with Gasteiger partial charge in [-0.15, -0.1) is 0 Å². The zero-order valence-corrected chi connectivity index (χ0v) is 17.6. The summed E-state index contributed by atoms with van der Waals surface area (Å²) in [4.78, 5) is 50.7. The summed E-state index contributed by atoms with van der Waals surface area (Å²) in [5, 5.41) is 9.85. The first-order valence-corrected chi connectivity index (χ1v) is 10.1. The molecular formula is C24H22N4O4. The third-order valence-corrected chi connectivity index (χ3v) is 5.56. The molecule has 1 atom stereocenters. The highest BCUT2D eigenvalue weighted by Crippen LogP contribution is 2.31. The largest absolute Gasteiger partial charge is 0.355 e. The maximum atomic E-state index is 13.1. The van der Waals surface area contributed by atoms with Crippen molar-refractivity contribution in [3.63, 3.8) is 0 Å². The molecule has 1 heterocycles. The molecule has 0 aliphatic carbocycles. The molecule has 4 rings (SSSR count). The molecule has 162 valence electrons. The van der Waals surface area contributed by atoms with Crippen LogP contribution in [0.25, 0.3) is 10.8 Å². The molecule has 0 bridgehead atoms. The van der Waals surface area contributed by atoms with E-state index >= 15 is 0 Å². The number of nitrogens with one attached hydrogen (secondary N) is 3. The minimum absolute atomic E-state index is 0.241. The first kappa shape index (κ1) is 21.0. The Kier molecular flexibility index (Phi) is 5.36. The van der Waals surface area contributed by atoms with Gasteiger partial charge in [0.2, 0.25) is 5.91 Å². The average molecular weight is 430 g/mol. The van der Waals surface area contributed by atoms with Gasteiger partial charge in [0, 0.05) is 18.3 Å². The third kappa shape index (κ3) is 3.78. The summed E-state index contributed by atoms with van der Waals surface area (Å²) in [7, 11) is 1.53. The molecule has 3 N–H and O–H groups in total. The minimum atomic E-state index is -1.27. The van der Waals surface area contributed by atoms with Gasteiger partial charge in [-0.1, -0.05) is 36.4 Å². The van der Waals surface area contributed by atoms with Crippen molar-refractivity contribution in [1.29, 1.82) is 0 Å². The molecule has 3 aromatic carbocycles. The lowest BCUT2D eigenvalue weighted by molar-refractivity contribution is -0.133. The second-order valence-corrected chi connectivity index (χ2v) is 7.71. The number of benzene rings is 3. The number of carbonyl (C=O) groups is 4. The number of hydrogen-bond donors (Lipinski definition) is 3. The van der Waals surface area contributed by atoms with E-state index in [2.05, 4.69) is 16.0 Å². The van der Waals surface area contributed by atoms with Crippen LogP contribution in [0.15, 0.2) is 66.7 Å². The van der Waals surface area contributed by atoms with Crippen LogP contribution >= 0.6 is 0 Å². The van der Waals surface area contributed by atoms with Crippen molar-refractivity contribution in [2.24, 2.45) is 0 Å². The van der Waals surface area contributed by atoms with Gasteiger partial charge in [-0.2, -0.15) is 0 Å². The van der Waals surface area contributed by atoms with Gasteiger partial charge in [0.25, 0.3) is 11.8 Å². The van der Waals surface area contributed by atoms with Crippen molar-refractivity contribution in [2.45, 2.75) is 12.5 Å². The molecule has 0 aromatic heterocycles. The molecule has 0 radical (unpaired) electrons. The fourth-order valence-corrected chi connectivity index (χ4v) is 3.73. The average Bonchev–Trinajstić information content (AvgIpc) is 3.02. The van der Waals surface area contributed by atoms with Crippen LogP contribution in [0.3, 0.4) is 0 Å². The Morgan fingerprint density at radius 1 is 0.969 bits per heavy atom. The van der Waals surface area contributed by atoms with Crippen molar-refractivity contribution in [2.75, 3.05) is 18.9 Å². The predicted octanol–water partition coefficient (Wildman–Crippen LogP) is 2.61. The molecule has 1 fully saturated rings. The third-order valence-electron chi connectivity index (χ3n) is 5.56. The van der Waals surface area contributed by atoms with Crippen molar-refractivity contribution in [3.05, 3.63) is 77.9 Å².